The molecular formula is C24H28N4O3S. The monoisotopic (exact) mass is 452 g/mol. The second-order valence-corrected chi connectivity index (χ2v) is 9.67. The van der Waals surface area contributed by atoms with Crippen LogP contribution in [0.3, 0.4) is 0 Å². The van der Waals surface area contributed by atoms with E-state index in [4.69, 9.17) is 9.72 Å². The van der Waals surface area contributed by atoms with Crippen molar-refractivity contribution in [1.29, 1.82) is 0 Å². The Morgan fingerprint density at radius 2 is 2.00 bits per heavy atom. The summed E-state index contributed by atoms with van der Waals surface area (Å²) in [5, 5.41) is 0.807. The first-order chi connectivity index (χ1) is 15.6. The van der Waals surface area contributed by atoms with Gasteiger partial charge in [-0.25, -0.2) is 4.98 Å². The molecule has 0 saturated carbocycles. The molecule has 2 aromatic heterocycles. The van der Waals surface area contributed by atoms with E-state index in [2.05, 4.69) is 9.88 Å². The van der Waals surface area contributed by atoms with Gasteiger partial charge in [-0.3, -0.25) is 14.5 Å². The van der Waals surface area contributed by atoms with Crippen molar-refractivity contribution in [2.75, 3.05) is 33.3 Å². The molecule has 1 aliphatic carbocycles. The van der Waals surface area contributed by atoms with Gasteiger partial charge in [0.15, 0.2) is 0 Å². The summed E-state index contributed by atoms with van der Waals surface area (Å²) in [6.07, 6.45) is 4.79. The fourth-order valence-corrected chi connectivity index (χ4v) is 6.00. The van der Waals surface area contributed by atoms with Crippen LogP contribution in [0.25, 0.3) is 10.2 Å². The van der Waals surface area contributed by atoms with Gasteiger partial charge in [0.05, 0.1) is 25.5 Å². The highest BCUT2D eigenvalue weighted by atomic mass is 32.1. The Kier molecular flexibility index (Phi) is 5.97. The van der Waals surface area contributed by atoms with E-state index in [9.17, 15) is 9.59 Å². The van der Waals surface area contributed by atoms with Crippen molar-refractivity contribution in [3.05, 3.63) is 56.4 Å². The highest BCUT2D eigenvalue weighted by Gasteiger charge is 2.23. The van der Waals surface area contributed by atoms with Crippen LogP contribution in [0, 0.1) is 0 Å². The summed E-state index contributed by atoms with van der Waals surface area (Å²) >= 11 is 1.69. The number of carbonyl (C=O) groups is 1. The van der Waals surface area contributed by atoms with Crippen molar-refractivity contribution in [2.24, 2.45) is 0 Å². The lowest BCUT2D eigenvalue weighted by Crippen LogP contribution is -2.49. The first-order valence-corrected chi connectivity index (χ1v) is 12.1. The molecule has 0 bridgehead atoms. The van der Waals surface area contributed by atoms with Crippen LogP contribution in [0.2, 0.25) is 0 Å². The molecule has 32 heavy (non-hydrogen) atoms. The van der Waals surface area contributed by atoms with E-state index in [0.717, 1.165) is 59.7 Å². The molecule has 1 amide bonds. The zero-order chi connectivity index (χ0) is 22.1. The molecule has 1 N–H and O–H groups in total. The van der Waals surface area contributed by atoms with Gasteiger partial charge in [0, 0.05) is 31.1 Å². The number of fused-ring (bicyclic) bond motifs is 3. The number of thiophene rings is 1. The largest absolute Gasteiger partial charge is 0.497 e. The third kappa shape index (κ3) is 4.29. The van der Waals surface area contributed by atoms with Crippen molar-refractivity contribution in [3.8, 4) is 5.75 Å². The molecule has 8 heteroatoms. The summed E-state index contributed by atoms with van der Waals surface area (Å²) in [4.78, 5) is 39.7. The molecule has 0 unspecified atom stereocenters. The van der Waals surface area contributed by atoms with Crippen molar-refractivity contribution >= 4 is 27.5 Å². The topological polar surface area (TPSA) is 78.5 Å². The maximum atomic E-state index is 12.8. The maximum Gasteiger partial charge on any atom is 0.259 e. The van der Waals surface area contributed by atoms with E-state index in [0.29, 0.717) is 26.1 Å². The third-order valence-electron chi connectivity index (χ3n) is 6.46. The molecule has 5 rings (SSSR count). The number of hydrogen-bond acceptors (Lipinski definition) is 6. The van der Waals surface area contributed by atoms with Gasteiger partial charge in [-0.05, 0) is 48.9 Å². The number of piperazine rings is 1. The van der Waals surface area contributed by atoms with Gasteiger partial charge in [-0.15, -0.1) is 11.3 Å². The minimum Gasteiger partial charge on any atom is -0.497 e. The molecule has 2 aliphatic rings. The molecule has 1 aromatic carbocycles. The van der Waals surface area contributed by atoms with Gasteiger partial charge in [-0.1, -0.05) is 12.1 Å². The number of aryl methyl sites for hydroxylation is 2. The Morgan fingerprint density at radius 1 is 1.19 bits per heavy atom. The van der Waals surface area contributed by atoms with Gasteiger partial charge in [-0.2, -0.15) is 0 Å². The average molecular weight is 453 g/mol. The first-order valence-electron chi connectivity index (χ1n) is 11.3. The number of rotatable bonds is 5. The lowest BCUT2D eigenvalue weighted by atomic mass is 9.97. The van der Waals surface area contributed by atoms with E-state index < -0.39 is 0 Å². The molecule has 168 valence electrons. The molecule has 0 atom stereocenters. The Balaban J connectivity index is 1.21. The number of benzene rings is 1. The number of nitrogens with one attached hydrogen (secondary N) is 1. The molecular weight excluding hydrogens is 424 g/mol. The van der Waals surface area contributed by atoms with Crippen molar-refractivity contribution in [1.82, 2.24) is 19.8 Å². The van der Waals surface area contributed by atoms with Gasteiger partial charge in [0.2, 0.25) is 5.91 Å². The number of ether oxygens (including phenoxy) is 1. The molecule has 1 saturated heterocycles. The number of carbonyl (C=O) groups excluding carboxylic acids is 1. The zero-order valence-corrected chi connectivity index (χ0v) is 19.2. The predicted octanol–water partition coefficient (Wildman–Crippen LogP) is 2.76. The number of nitrogens with zero attached hydrogens (tertiary/aromatic N) is 3. The average Bonchev–Trinajstić information content (AvgIpc) is 3.18. The molecule has 0 spiro atoms. The second-order valence-electron chi connectivity index (χ2n) is 8.59. The minimum atomic E-state index is -0.00324. The highest BCUT2D eigenvalue weighted by molar-refractivity contribution is 7.18. The van der Waals surface area contributed by atoms with E-state index >= 15 is 0 Å². The van der Waals surface area contributed by atoms with Crippen LogP contribution in [0.15, 0.2) is 29.1 Å². The highest BCUT2D eigenvalue weighted by Crippen LogP contribution is 2.33. The molecule has 1 aliphatic heterocycles. The van der Waals surface area contributed by atoms with Crippen LogP contribution in [0.5, 0.6) is 5.75 Å². The zero-order valence-electron chi connectivity index (χ0n) is 18.4. The van der Waals surface area contributed by atoms with Gasteiger partial charge < -0.3 is 14.6 Å². The van der Waals surface area contributed by atoms with Gasteiger partial charge in [0.1, 0.15) is 16.4 Å². The standard InChI is InChI=1S/C24H28N4O3S/c1-31-17-6-4-5-16(13-17)14-21(29)28-11-9-27(10-12-28)15-20-25-23(30)22-18-7-2-3-8-19(18)32-24(22)26-20/h4-6,13H,2-3,7-12,14-15H2,1H3,(H,25,26,30). The van der Waals surface area contributed by atoms with E-state index in [1.807, 2.05) is 29.2 Å². The minimum absolute atomic E-state index is 0.00324. The number of hydrogen-bond donors (Lipinski definition) is 1. The number of methoxy groups -OCH3 is 1. The van der Waals surface area contributed by atoms with E-state index in [1.54, 1.807) is 18.4 Å². The van der Waals surface area contributed by atoms with Crippen LogP contribution in [-0.2, 0) is 30.6 Å². The van der Waals surface area contributed by atoms with Crippen LogP contribution in [0.1, 0.15) is 34.7 Å². The third-order valence-corrected chi connectivity index (χ3v) is 7.65. The summed E-state index contributed by atoms with van der Waals surface area (Å²) in [7, 11) is 1.63. The van der Waals surface area contributed by atoms with Crippen LogP contribution >= 0.6 is 11.3 Å². The maximum absolute atomic E-state index is 12.8. The SMILES string of the molecule is COc1cccc(CC(=O)N2CCN(Cc3nc4sc5c(c4c(=O)[nH]3)CCCC5)CC2)c1. The first kappa shape index (κ1) is 21.2. The van der Waals surface area contributed by atoms with Crippen molar-refractivity contribution in [2.45, 2.75) is 38.6 Å². The summed E-state index contributed by atoms with van der Waals surface area (Å²) < 4.78 is 5.25. The van der Waals surface area contributed by atoms with E-state index in [1.165, 1.54) is 16.9 Å². The van der Waals surface area contributed by atoms with Gasteiger partial charge in [0.25, 0.3) is 5.56 Å². The molecule has 3 heterocycles. The summed E-state index contributed by atoms with van der Waals surface area (Å²) in [5.74, 6) is 1.62. The predicted molar refractivity (Wildman–Crippen MR) is 125 cm³/mol. The van der Waals surface area contributed by atoms with Crippen molar-refractivity contribution in [3.63, 3.8) is 0 Å². The Hall–Kier alpha value is -2.71. The fourth-order valence-electron chi connectivity index (χ4n) is 4.72. The summed E-state index contributed by atoms with van der Waals surface area (Å²) in [5.41, 5.74) is 2.18. The fraction of sp³-hybridized carbons (Fsp3) is 0.458. The summed E-state index contributed by atoms with van der Waals surface area (Å²) in [6, 6.07) is 7.66. The number of H-pyrrole nitrogens is 1. The number of aromatic nitrogens is 2. The molecule has 1 fully saturated rings. The van der Waals surface area contributed by atoms with E-state index in [-0.39, 0.29) is 11.5 Å². The Labute approximate surface area is 191 Å². The lowest BCUT2D eigenvalue weighted by Gasteiger charge is -2.34. The van der Waals surface area contributed by atoms with Crippen molar-refractivity contribution < 1.29 is 9.53 Å². The number of amides is 1. The van der Waals surface area contributed by atoms with Crippen LogP contribution < -0.4 is 10.3 Å². The molecule has 3 aromatic rings. The Bertz CT molecular complexity index is 1190. The second kappa shape index (κ2) is 9.03. The molecule has 7 nitrogen and oxygen atoms in total. The number of aromatic amines is 1. The van der Waals surface area contributed by atoms with Crippen LogP contribution in [0.4, 0.5) is 0 Å². The van der Waals surface area contributed by atoms with Crippen LogP contribution in [-0.4, -0.2) is 59.0 Å². The summed E-state index contributed by atoms with van der Waals surface area (Å²) in [6.45, 7) is 3.51. The normalized spacial score (nSPS) is 16.8. The van der Waals surface area contributed by atoms with Gasteiger partial charge >= 0.3 is 0 Å². The Morgan fingerprint density at radius 3 is 2.81 bits per heavy atom. The molecule has 0 radical (unpaired) electrons. The lowest BCUT2D eigenvalue weighted by molar-refractivity contribution is -0.132. The quantitative estimate of drug-likeness (QED) is 0.644. The smallest absolute Gasteiger partial charge is 0.259 e.